The summed E-state index contributed by atoms with van der Waals surface area (Å²) in [5.74, 6) is 0.618. The first-order valence-electron chi connectivity index (χ1n) is 6.51. The minimum atomic E-state index is -0.568. The van der Waals surface area contributed by atoms with Gasteiger partial charge < -0.3 is 0 Å². The minimum Gasteiger partial charge on any atom is -0.264 e. The highest BCUT2D eigenvalue weighted by Crippen LogP contribution is 2.37. The van der Waals surface area contributed by atoms with Gasteiger partial charge in [0.25, 0.3) is 0 Å². The van der Waals surface area contributed by atoms with Crippen molar-refractivity contribution in [1.29, 1.82) is 5.26 Å². The third-order valence-electron chi connectivity index (χ3n) is 3.40. The van der Waals surface area contributed by atoms with Crippen molar-refractivity contribution in [3.05, 3.63) is 58.3 Å². The topological polar surface area (TPSA) is 36.7 Å². The molecular formula is C16H14Cl2N2S. The lowest BCUT2D eigenvalue weighted by Crippen LogP contribution is -2.26. The monoisotopic (exact) mass is 336 g/mol. The smallest absolute Gasteiger partial charge is 0.0928 e. The number of pyridine rings is 1. The maximum atomic E-state index is 9.68. The van der Waals surface area contributed by atoms with Crippen molar-refractivity contribution in [2.45, 2.75) is 23.7 Å². The molecule has 0 amide bonds. The highest BCUT2D eigenvalue weighted by Gasteiger charge is 2.31. The highest BCUT2D eigenvalue weighted by molar-refractivity contribution is 7.99. The summed E-state index contributed by atoms with van der Waals surface area (Å²) < 4.78 is 0. The number of benzene rings is 1. The van der Waals surface area contributed by atoms with E-state index >= 15 is 0 Å². The number of nitrogens with zero attached hydrogens (tertiary/aromatic N) is 2. The van der Waals surface area contributed by atoms with Crippen LogP contribution in [0.5, 0.6) is 0 Å². The number of halogens is 2. The molecule has 21 heavy (non-hydrogen) atoms. The average Bonchev–Trinajstić information content (AvgIpc) is 2.51. The summed E-state index contributed by atoms with van der Waals surface area (Å²) in [6.07, 6.45) is 4.19. The third kappa shape index (κ3) is 3.71. The van der Waals surface area contributed by atoms with Crippen LogP contribution in [-0.2, 0) is 5.41 Å². The lowest BCUT2D eigenvalue weighted by molar-refractivity contribution is 0.595. The largest absolute Gasteiger partial charge is 0.264 e. The molecule has 2 nitrogen and oxygen atoms in total. The second-order valence-electron chi connectivity index (χ2n) is 4.65. The normalized spacial score (nSPS) is 13.4. The molecule has 0 N–H and O–H groups in total. The third-order valence-corrected chi connectivity index (χ3v) is 5.36. The summed E-state index contributed by atoms with van der Waals surface area (Å²) >= 11 is 13.7. The van der Waals surface area contributed by atoms with Crippen LogP contribution in [-0.4, -0.2) is 10.7 Å². The van der Waals surface area contributed by atoms with Crippen molar-refractivity contribution in [2.75, 3.05) is 5.75 Å². The first-order chi connectivity index (χ1) is 10.1. The van der Waals surface area contributed by atoms with E-state index in [1.54, 1.807) is 36.3 Å². The number of aromatic nitrogens is 1. The van der Waals surface area contributed by atoms with Gasteiger partial charge in [-0.1, -0.05) is 36.2 Å². The van der Waals surface area contributed by atoms with Gasteiger partial charge in [0.05, 0.1) is 16.5 Å². The van der Waals surface area contributed by atoms with Crippen molar-refractivity contribution in [1.82, 2.24) is 4.98 Å². The molecule has 0 saturated carbocycles. The van der Waals surface area contributed by atoms with Crippen LogP contribution in [0, 0.1) is 11.3 Å². The Hall–Kier alpha value is -1.21. The molecule has 0 aliphatic carbocycles. The highest BCUT2D eigenvalue weighted by atomic mass is 35.5. The SMILES string of the molecule is CCC(C#N)(CSc1ccc(Cl)cc1Cl)c1cccnc1. The summed E-state index contributed by atoms with van der Waals surface area (Å²) in [4.78, 5) is 5.06. The van der Waals surface area contributed by atoms with Gasteiger partial charge in [-0.05, 0) is 36.2 Å². The Labute approximate surface area is 139 Å². The van der Waals surface area contributed by atoms with Crippen molar-refractivity contribution >= 4 is 35.0 Å². The average molecular weight is 337 g/mol. The first-order valence-corrected chi connectivity index (χ1v) is 8.25. The number of thioether (sulfide) groups is 1. The van der Waals surface area contributed by atoms with Gasteiger partial charge in [-0.25, -0.2) is 0 Å². The summed E-state index contributed by atoms with van der Waals surface area (Å²) in [5.41, 5.74) is 0.370. The van der Waals surface area contributed by atoms with E-state index in [4.69, 9.17) is 23.2 Å². The second-order valence-corrected chi connectivity index (χ2v) is 6.51. The van der Waals surface area contributed by atoms with Crippen LogP contribution in [0.2, 0.25) is 10.0 Å². The van der Waals surface area contributed by atoms with Gasteiger partial charge in [0.1, 0.15) is 0 Å². The zero-order valence-corrected chi connectivity index (χ0v) is 13.8. The fourth-order valence-corrected chi connectivity index (χ4v) is 3.77. The number of nitriles is 1. The van der Waals surface area contributed by atoms with Gasteiger partial charge >= 0.3 is 0 Å². The molecule has 5 heteroatoms. The molecule has 1 heterocycles. The van der Waals surface area contributed by atoms with E-state index in [0.29, 0.717) is 22.2 Å². The Bertz CT molecular complexity index is 655. The summed E-state index contributed by atoms with van der Waals surface area (Å²) in [7, 11) is 0. The van der Waals surface area contributed by atoms with E-state index < -0.39 is 5.41 Å². The molecule has 0 aliphatic rings. The first kappa shape index (κ1) is 16.2. The van der Waals surface area contributed by atoms with Gasteiger partial charge in [-0.15, -0.1) is 11.8 Å². The summed E-state index contributed by atoms with van der Waals surface area (Å²) in [6, 6.07) is 11.7. The fourth-order valence-electron chi connectivity index (χ4n) is 2.00. The molecule has 2 aromatic rings. The van der Waals surface area contributed by atoms with Gasteiger partial charge in [0.15, 0.2) is 0 Å². The van der Waals surface area contributed by atoms with Crippen LogP contribution < -0.4 is 0 Å². The molecule has 0 radical (unpaired) electrons. The molecule has 1 atom stereocenters. The van der Waals surface area contributed by atoms with E-state index in [-0.39, 0.29) is 0 Å². The number of rotatable bonds is 5. The molecule has 108 valence electrons. The second kappa shape index (κ2) is 7.17. The predicted molar refractivity (Wildman–Crippen MR) is 89.0 cm³/mol. The van der Waals surface area contributed by atoms with Crippen molar-refractivity contribution < 1.29 is 0 Å². The minimum absolute atomic E-state index is 0.568. The molecule has 0 spiro atoms. The molecule has 0 fully saturated rings. The van der Waals surface area contributed by atoms with Crippen LogP contribution in [0.1, 0.15) is 18.9 Å². The fraction of sp³-hybridized carbons (Fsp3) is 0.250. The molecule has 0 aliphatic heterocycles. The van der Waals surface area contributed by atoms with Crippen molar-refractivity contribution in [3.63, 3.8) is 0 Å². The summed E-state index contributed by atoms with van der Waals surface area (Å²) in [5, 5.41) is 10.9. The van der Waals surface area contributed by atoms with E-state index in [0.717, 1.165) is 10.5 Å². The van der Waals surface area contributed by atoms with Crippen LogP contribution in [0.15, 0.2) is 47.6 Å². The number of hydrogen-bond acceptors (Lipinski definition) is 3. The molecule has 1 aromatic carbocycles. The Morgan fingerprint density at radius 1 is 1.33 bits per heavy atom. The standard InChI is InChI=1S/C16H14Cl2N2S/c1-2-16(10-19,12-4-3-7-20-9-12)11-21-15-6-5-13(17)8-14(15)18/h3-9H,2,11H2,1H3. The lowest BCUT2D eigenvalue weighted by Gasteiger charge is -2.25. The summed E-state index contributed by atoms with van der Waals surface area (Å²) in [6.45, 7) is 2.01. The molecule has 1 aromatic heterocycles. The van der Waals surface area contributed by atoms with Gasteiger partial charge in [0, 0.05) is 28.1 Å². The zero-order chi connectivity index (χ0) is 15.3. The Morgan fingerprint density at radius 2 is 2.14 bits per heavy atom. The van der Waals surface area contributed by atoms with Crippen molar-refractivity contribution in [3.8, 4) is 6.07 Å². The lowest BCUT2D eigenvalue weighted by atomic mass is 9.82. The quantitative estimate of drug-likeness (QED) is 0.690. The van der Waals surface area contributed by atoms with Gasteiger partial charge in [-0.2, -0.15) is 5.26 Å². The predicted octanol–water partition coefficient (Wildman–Crippen LogP) is 5.35. The molecule has 0 bridgehead atoms. The number of hydrogen-bond donors (Lipinski definition) is 0. The maximum Gasteiger partial charge on any atom is 0.0928 e. The zero-order valence-electron chi connectivity index (χ0n) is 11.5. The van der Waals surface area contributed by atoms with E-state index in [2.05, 4.69) is 11.1 Å². The van der Waals surface area contributed by atoms with Crippen LogP contribution in [0.3, 0.4) is 0 Å². The van der Waals surface area contributed by atoms with Crippen molar-refractivity contribution in [2.24, 2.45) is 0 Å². The Kier molecular flexibility index (Phi) is 5.52. The van der Waals surface area contributed by atoms with Gasteiger partial charge in [0.2, 0.25) is 0 Å². The van der Waals surface area contributed by atoms with Crippen LogP contribution >= 0.6 is 35.0 Å². The molecule has 1 unspecified atom stereocenters. The van der Waals surface area contributed by atoms with Gasteiger partial charge in [-0.3, -0.25) is 4.98 Å². The maximum absolute atomic E-state index is 9.68. The van der Waals surface area contributed by atoms with E-state index in [1.165, 1.54) is 0 Å². The molecular weight excluding hydrogens is 323 g/mol. The Balaban J connectivity index is 2.24. The molecule has 2 rings (SSSR count). The van der Waals surface area contributed by atoms with Crippen LogP contribution in [0.4, 0.5) is 0 Å². The van der Waals surface area contributed by atoms with E-state index in [9.17, 15) is 5.26 Å². The van der Waals surface area contributed by atoms with E-state index in [1.807, 2.05) is 25.1 Å². The molecule has 0 saturated heterocycles. The van der Waals surface area contributed by atoms with Crippen LogP contribution in [0.25, 0.3) is 0 Å². The Morgan fingerprint density at radius 3 is 2.71 bits per heavy atom.